The van der Waals surface area contributed by atoms with Gasteiger partial charge in [0.15, 0.2) is 0 Å². The summed E-state index contributed by atoms with van der Waals surface area (Å²) in [7, 11) is 0. The highest BCUT2D eigenvalue weighted by Gasteiger charge is 2.22. The quantitative estimate of drug-likeness (QED) is 0.830. The maximum absolute atomic E-state index is 13.3. The Bertz CT molecular complexity index is 745. The average molecular weight is 392 g/mol. The molecule has 0 aromatic heterocycles. The molecule has 1 aliphatic rings. The minimum Gasteiger partial charge on any atom is -0.368 e. The van der Waals surface area contributed by atoms with Crippen molar-refractivity contribution < 1.29 is 9.18 Å². The van der Waals surface area contributed by atoms with Crippen LogP contribution in [0.3, 0.4) is 0 Å². The van der Waals surface area contributed by atoms with E-state index in [9.17, 15) is 9.18 Å². The molecule has 1 saturated heterocycles. The lowest BCUT2D eigenvalue weighted by atomic mass is 10.2. The van der Waals surface area contributed by atoms with E-state index < -0.39 is 0 Å². The van der Waals surface area contributed by atoms with Crippen LogP contribution in [0.2, 0.25) is 0 Å². The van der Waals surface area contributed by atoms with Crippen molar-refractivity contribution in [2.24, 2.45) is 0 Å². The van der Waals surface area contributed by atoms with Crippen LogP contribution in [0.1, 0.15) is 5.56 Å². The molecule has 3 rings (SSSR count). The van der Waals surface area contributed by atoms with Crippen molar-refractivity contribution in [2.75, 3.05) is 36.4 Å². The molecule has 126 valence electrons. The molecule has 4 nitrogen and oxygen atoms in total. The van der Waals surface area contributed by atoms with Crippen LogP contribution in [-0.4, -0.2) is 37.1 Å². The lowest BCUT2D eigenvalue weighted by molar-refractivity contribution is 0.208. The number of halogens is 2. The van der Waals surface area contributed by atoms with Gasteiger partial charge in [0.05, 0.1) is 5.69 Å². The van der Waals surface area contributed by atoms with E-state index in [1.54, 1.807) is 11.0 Å². The largest absolute Gasteiger partial charge is 0.368 e. The molecule has 2 aromatic rings. The van der Waals surface area contributed by atoms with Gasteiger partial charge in [-0.1, -0.05) is 12.1 Å². The molecule has 0 aliphatic carbocycles. The molecule has 0 saturated carbocycles. The Morgan fingerprint density at radius 1 is 1.12 bits per heavy atom. The van der Waals surface area contributed by atoms with Gasteiger partial charge < -0.3 is 15.1 Å². The molecule has 6 heteroatoms. The topological polar surface area (TPSA) is 35.6 Å². The number of anilines is 2. The fourth-order valence-corrected chi connectivity index (χ4v) is 3.35. The highest BCUT2D eigenvalue weighted by atomic mass is 79.9. The number of amides is 2. The number of piperazine rings is 1. The fraction of sp³-hybridized carbons (Fsp3) is 0.278. The number of benzene rings is 2. The predicted octanol–water partition coefficient (Wildman–Crippen LogP) is 4.25. The van der Waals surface area contributed by atoms with Gasteiger partial charge in [-0.3, -0.25) is 0 Å². The molecule has 0 unspecified atom stereocenters. The summed E-state index contributed by atoms with van der Waals surface area (Å²) in [6.45, 7) is 4.58. The van der Waals surface area contributed by atoms with Gasteiger partial charge in [-0.25, -0.2) is 9.18 Å². The maximum Gasteiger partial charge on any atom is 0.321 e. The van der Waals surface area contributed by atoms with Gasteiger partial charge in [-0.2, -0.15) is 0 Å². The molecule has 0 atom stereocenters. The SMILES string of the molecule is Cc1ccc(NC(=O)N2CCN(c3cccc(F)c3)CC2)c(Br)c1. The first kappa shape index (κ1) is 16.8. The van der Waals surface area contributed by atoms with E-state index in [0.717, 1.165) is 21.4 Å². The zero-order valence-corrected chi connectivity index (χ0v) is 15.0. The standard InChI is InChI=1S/C18H19BrFN3O/c1-13-5-6-17(16(19)11-13)21-18(24)23-9-7-22(8-10-23)15-4-2-3-14(20)12-15/h2-6,11-12H,7-10H2,1H3,(H,21,24). The second-order valence-electron chi connectivity index (χ2n) is 5.87. The van der Waals surface area contributed by atoms with Gasteiger partial charge in [0, 0.05) is 36.3 Å². The van der Waals surface area contributed by atoms with Crippen LogP contribution in [0.4, 0.5) is 20.6 Å². The molecule has 2 amide bonds. The summed E-state index contributed by atoms with van der Waals surface area (Å²) in [5.74, 6) is -0.239. The second-order valence-corrected chi connectivity index (χ2v) is 6.72. The first-order chi connectivity index (χ1) is 11.5. The van der Waals surface area contributed by atoms with Crippen LogP contribution in [0.25, 0.3) is 0 Å². The zero-order chi connectivity index (χ0) is 17.1. The summed E-state index contributed by atoms with van der Waals surface area (Å²) in [5.41, 5.74) is 2.75. The third-order valence-corrected chi connectivity index (χ3v) is 4.76. The number of hydrogen-bond acceptors (Lipinski definition) is 2. The van der Waals surface area contributed by atoms with Crippen LogP contribution in [0.15, 0.2) is 46.9 Å². The molecular weight excluding hydrogens is 373 g/mol. The van der Waals surface area contributed by atoms with Crippen molar-refractivity contribution >= 4 is 33.3 Å². The Labute approximate surface area is 149 Å². The highest BCUT2D eigenvalue weighted by molar-refractivity contribution is 9.10. The van der Waals surface area contributed by atoms with Crippen molar-refractivity contribution in [1.29, 1.82) is 0 Å². The van der Waals surface area contributed by atoms with Gasteiger partial charge in [0.1, 0.15) is 5.82 Å². The van der Waals surface area contributed by atoms with Gasteiger partial charge in [-0.15, -0.1) is 0 Å². The van der Waals surface area contributed by atoms with Crippen molar-refractivity contribution in [1.82, 2.24) is 4.90 Å². The Morgan fingerprint density at radius 2 is 1.88 bits per heavy atom. The van der Waals surface area contributed by atoms with Gasteiger partial charge >= 0.3 is 6.03 Å². The highest BCUT2D eigenvalue weighted by Crippen LogP contribution is 2.24. The Hall–Kier alpha value is -2.08. The van der Waals surface area contributed by atoms with E-state index in [-0.39, 0.29) is 11.8 Å². The van der Waals surface area contributed by atoms with E-state index in [1.165, 1.54) is 12.1 Å². The van der Waals surface area contributed by atoms with E-state index in [2.05, 4.69) is 26.1 Å². The minimum atomic E-state index is -0.239. The number of urea groups is 1. The van der Waals surface area contributed by atoms with Crippen LogP contribution in [0.5, 0.6) is 0 Å². The third kappa shape index (κ3) is 3.87. The lowest BCUT2D eigenvalue weighted by Gasteiger charge is -2.36. The number of carbonyl (C=O) groups is 1. The number of rotatable bonds is 2. The first-order valence-corrected chi connectivity index (χ1v) is 8.65. The van der Waals surface area contributed by atoms with Crippen LogP contribution in [0, 0.1) is 12.7 Å². The number of hydrogen-bond donors (Lipinski definition) is 1. The molecule has 1 N–H and O–H groups in total. The number of nitrogens with zero attached hydrogens (tertiary/aromatic N) is 2. The van der Waals surface area contributed by atoms with Gasteiger partial charge in [0.25, 0.3) is 0 Å². The van der Waals surface area contributed by atoms with Crippen molar-refractivity contribution in [3.63, 3.8) is 0 Å². The molecule has 1 fully saturated rings. The smallest absolute Gasteiger partial charge is 0.321 e. The molecule has 0 bridgehead atoms. The Kier molecular flexibility index (Phi) is 5.04. The van der Waals surface area contributed by atoms with E-state index in [4.69, 9.17) is 0 Å². The van der Waals surface area contributed by atoms with Crippen molar-refractivity contribution in [3.05, 3.63) is 58.3 Å². The summed E-state index contributed by atoms with van der Waals surface area (Å²) in [6, 6.07) is 12.3. The number of nitrogens with one attached hydrogen (secondary N) is 1. The maximum atomic E-state index is 13.3. The van der Waals surface area contributed by atoms with E-state index in [0.29, 0.717) is 26.2 Å². The molecule has 2 aromatic carbocycles. The summed E-state index contributed by atoms with van der Waals surface area (Å²) in [6.07, 6.45) is 0. The zero-order valence-electron chi connectivity index (χ0n) is 13.4. The van der Waals surface area contributed by atoms with Gasteiger partial charge in [-0.05, 0) is 58.7 Å². The van der Waals surface area contributed by atoms with E-state index in [1.807, 2.05) is 31.2 Å². The molecule has 1 heterocycles. The average Bonchev–Trinajstić information content (AvgIpc) is 2.57. The first-order valence-electron chi connectivity index (χ1n) is 7.85. The summed E-state index contributed by atoms with van der Waals surface area (Å²) < 4.78 is 14.2. The van der Waals surface area contributed by atoms with E-state index >= 15 is 0 Å². The predicted molar refractivity (Wildman–Crippen MR) is 98.1 cm³/mol. The third-order valence-electron chi connectivity index (χ3n) is 4.11. The fourth-order valence-electron chi connectivity index (χ4n) is 2.76. The second kappa shape index (κ2) is 7.21. The van der Waals surface area contributed by atoms with Crippen LogP contribution < -0.4 is 10.2 Å². The van der Waals surface area contributed by atoms with Crippen LogP contribution >= 0.6 is 15.9 Å². The molecular formula is C18H19BrFN3O. The molecule has 1 aliphatic heterocycles. The molecule has 0 radical (unpaired) electrons. The van der Waals surface area contributed by atoms with Crippen molar-refractivity contribution in [2.45, 2.75) is 6.92 Å². The van der Waals surface area contributed by atoms with Crippen LogP contribution in [-0.2, 0) is 0 Å². The Balaban J connectivity index is 1.59. The molecule has 24 heavy (non-hydrogen) atoms. The number of aryl methyl sites for hydroxylation is 1. The van der Waals surface area contributed by atoms with Gasteiger partial charge in [0.2, 0.25) is 0 Å². The summed E-state index contributed by atoms with van der Waals surface area (Å²) in [4.78, 5) is 16.3. The minimum absolute atomic E-state index is 0.113. The van der Waals surface area contributed by atoms with Crippen molar-refractivity contribution in [3.8, 4) is 0 Å². The molecule has 0 spiro atoms. The monoisotopic (exact) mass is 391 g/mol. The lowest BCUT2D eigenvalue weighted by Crippen LogP contribution is -2.50. The Morgan fingerprint density at radius 3 is 2.54 bits per heavy atom. The summed E-state index contributed by atoms with van der Waals surface area (Å²) >= 11 is 3.47. The summed E-state index contributed by atoms with van der Waals surface area (Å²) in [5, 5.41) is 2.93. The normalized spacial score (nSPS) is 14.6. The number of carbonyl (C=O) groups excluding carboxylic acids is 1.